The number of thioether (sulfide) groups is 1. The van der Waals surface area contributed by atoms with Crippen LogP contribution in [0.2, 0.25) is 0 Å². The van der Waals surface area contributed by atoms with E-state index in [-0.39, 0.29) is 11.1 Å². The Hall–Kier alpha value is -2.42. The SMILES string of the molecule is O=[N+]([O-])c1ccc(C2SCCN2S(=O)(=O)c2ccc3cccc4c3c2CC4)cc1. The second-order valence-electron chi connectivity index (χ2n) is 7.25. The highest BCUT2D eigenvalue weighted by Gasteiger charge is 2.38. The van der Waals surface area contributed by atoms with Gasteiger partial charge in [-0.1, -0.05) is 24.3 Å². The average molecular weight is 427 g/mol. The first-order valence-corrected chi connectivity index (χ1v) is 11.9. The van der Waals surface area contributed by atoms with Crippen LogP contribution in [0.5, 0.6) is 0 Å². The Bertz CT molecular complexity index is 1240. The monoisotopic (exact) mass is 426 g/mol. The number of benzene rings is 3. The highest BCUT2D eigenvalue weighted by molar-refractivity contribution is 8.01. The van der Waals surface area contributed by atoms with Gasteiger partial charge in [0.25, 0.3) is 5.69 Å². The Kier molecular flexibility index (Phi) is 4.38. The topological polar surface area (TPSA) is 80.5 Å². The van der Waals surface area contributed by atoms with Crippen LogP contribution in [0.15, 0.2) is 59.5 Å². The van der Waals surface area contributed by atoms with Crippen molar-refractivity contribution in [1.29, 1.82) is 0 Å². The summed E-state index contributed by atoms with van der Waals surface area (Å²) in [5, 5.41) is 12.7. The first kappa shape index (κ1) is 18.6. The van der Waals surface area contributed by atoms with Crippen LogP contribution in [0.3, 0.4) is 0 Å². The van der Waals surface area contributed by atoms with E-state index in [0.717, 1.165) is 34.7 Å². The molecule has 1 atom stereocenters. The molecule has 3 aromatic carbocycles. The maximum Gasteiger partial charge on any atom is 0.269 e. The van der Waals surface area contributed by atoms with Gasteiger partial charge < -0.3 is 0 Å². The minimum Gasteiger partial charge on any atom is -0.258 e. The van der Waals surface area contributed by atoms with Gasteiger partial charge in [-0.25, -0.2) is 8.42 Å². The van der Waals surface area contributed by atoms with Crippen molar-refractivity contribution in [1.82, 2.24) is 4.31 Å². The van der Waals surface area contributed by atoms with Crippen molar-refractivity contribution in [3.8, 4) is 0 Å². The van der Waals surface area contributed by atoms with Crippen LogP contribution in [0.4, 0.5) is 5.69 Å². The molecule has 1 fully saturated rings. The lowest BCUT2D eigenvalue weighted by Gasteiger charge is -2.24. The largest absolute Gasteiger partial charge is 0.269 e. The number of nitro benzene ring substituents is 1. The molecule has 6 nitrogen and oxygen atoms in total. The van der Waals surface area contributed by atoms with E-state index >= 15 is 0 Å². The Balaban J connectivity index is 1.56. The molecular formula is C21H18N2O4S2. The molecule has 8 heteroatoms. The van der Waals surface area contributed by atoms with Gasteiger partial charge in [0.15, 0.2) is 0 Å². The predicted molar refractivity (Wildman–Crippen MR) is 114 cm³/mol. The minimum atomic E-state index is -3.68. The molecule has 0 aromatic heterocycles. The Morgan fingerprint density at radius 1 is 1.03 bits per heavy atom. The fourth-order valence-electron chi connectivity index (χ4n) is 4.32. The molecule has 1 aliphatic carbocycles. The van der Waals surface area contributed by atoms with Gasteiger partial charge in [-0.3, -0.25) is 10.1 Å². The van der Waals surface area contributed by atoms with E-state index in [0.29, 0.717) is 17.2 Å². The van der Waals surface area contributed by atoms with E-state index in [1.807, 2.05) is 18.2 Å². The summed E-state index contributed by atoms with van der Waals surface area (Å²) < 4.78 is 28.8. The third-order valence-corrected chi connectivity index (χ3v) is 9.01. The fourth-order valence-corrected chi connectivity index (χ4v) is 7.82. The molecule has 3 aromatic rings. The molecule has 0 N–H and O–H groups in total. The van der Waals surface area contributed by atoms with Crippen LogP contribution in [-0.4, -0.2) is 29.9 Å². The zero-order valence-electron chi connectivity index (χ0n) is 15.4. The summed E-state index contributed by atoms with van der Waals surface area (Å²) in [7, 11) is -3.68. The third kappa shape index (κ3) is 2.94. The van der Waals surface area contributed by atoms with Crippen molar-refractivity contribution >= 4 is 38.2 Å². The van der Waals surface area contributed by atoms with E-state index in [1.54, 1.807) is 30.0 Å². The zero-order valence-corrected chi connectivity index (χ0v) is 17.1. The van der Waals surface area contributed by atoms with Gasteiger partial charge in [0.2, 0.25) is 10.0 Å². The molecule has 1 unspecified atom stereocenters. The van der Waals surface area contributed by atoms with Crippen molar-refractivity contribution in [3.05, 3.63) is 81.4 Å². The third-order valence-electron chi connectivity index (χ3n) is 5.67. The number of non-ortho nitro benzene ring substituents is 1. The molecule has 0 radical (unpaired) electrons. The molecule has 1 heterocycles. The van der Waals surface area contributed by atoms with Crippen molar-refractivity contribution in [3.63, 3.8) is 0 Å². The van der Waals surface area contributed by atoms with Crippen LogP contribution in [0, 0.1) is 10.1 Å². The van der Waals surface area contributed by atoms with Crippen LogP contribution in [0.25, 0.3) is 10.8 Å². The fraction of sp³-hybridized carbons (Fsp3) is 0.238. The summed E-state index contributed by atoms with van der Waals surface area (Å²) in [6.45, 7) is 0.424. The summed E-state index contributed by atoms with van der Waals surface area (Å²) in [6, 6.07) is 15.9. The molecular weight excluding hydrogens is 408 g/mol. The molecule has 1 aliphatic heterocycles. The van der Waals surface area contributed by atoms with Crippen LogP contribution < -0.4 is 0 Å². The number of nitrogens with zero attached hydrogens (tertiary/aromatic N) is 2. The van der Waals surface area contributed by atoms with Crippen molar-refractivity contribution < 1.29 is 13.3 Å². The lowest BCUT2D eigenvalue weighted by Crippen LogP contribution is -2.31. The molecule has 5 rings (SSSR count). The van der Waals surface area contributed by atoms with Gasteiger partial charge in [0.1, 0.15) is 0 Å². The first-order chi connectivity index (χ1) is 14.0. The summed E-state index contributed by atoms with van der Waals surface area (Å²) in [6.07, 6.45) is 1.59. The lowest BCUT2D eigenvalue weighted by molar-refractivity contribution is -0.384. The summed E-state index contributed by atoms with van der Waals surface area (Å²) in [4.78, 5) is 10.9. The number of aryl methyl sites for hydroxylation is 2. The molecule has 0 saturated carbocycles. The second-order valence-corrected chi connectivity index (χ2v) is 10.3. The summed E-state index contributed by atoms with van der Waals surface area (Å²) in [5.41, 5.74) is 2.88. The van der Waals surface area contributed by atoms with Crippen molar-refractivity contribution in [2.24, 2.45) is 0 Å². The summed E-state index contributed by atoms with van der Waals surface area (Å²) >= 11 is 1.55. The van der Waals surface area contributed by atoms with Gasteiger partial charge in [-0.05, 0) is 58.5 Å². The lowest BCUT2D eigenvalue weighted by atomic mass is 10.1. The van der Waals surface area contributed by atoms with Gasteiger partial charge >= 0.3 is 0 Å². The Labute approximate surface area is 172 Å². The van der Waals surface area contributed by atoms with Gasteiger partial charge in [0.05, 0.1) is 15.2 Å². The molecule has 0 amide bonds. The van der Waals surface area contributed by atoms with E-state index in [9.17, 15) is 18.5 Å². The number of sulfonamides is 1. The van der Waals surface area contributed by atoms with Crippen LogP contribution in [-0.2, 0) is 22.9 Å². The second kappa shape index (κ2) is 6.83. The highest BCUT2D eigenvalue weighted by atomic mass is 32.2. The molecule has 2 aliphatic rings. The highest BCUT2D eigenvalue weighted by Crippen LogP contribution is 2.44. The maximum absolute atomic E-state index is 13.6. The zero-order chi connectivity index (χ0) is 20.2. The minimum absolute atomic E-state index is 0.00129. The van der Waals surface area contributed by atoms with E-state index in [2.05, 4.69) is 6.07 Å². The van der Waals surface area contributed by atoms with Crippen molar-refractivity contribution in [2.45, 2.75) is 23.1 Å². The molecule has 148 valence electrons. The Morgan fingerprint density at radius 2 is 1.83 bits per heavy atom. The number of nitro groups is 1. The average Bonchev–Trinajstić information content (AvgIpc) is 3.38. The number of hydrogen-bond acceptors (Lipinski definition) is 5. The maximum atomic E-state index is 13.6. The number of rotatable bonds is 4. The van der Waals surface area contributed by atoms with Gasteiger partial charge in [0, 0.05) is 24.4 Å². The smallest absolute Gasteiger partial charge is 0.258 e. The molecule has 0 spiro atoms. The van der Waals surface area contributed by atoms with Gasteiger partial charge in [-0.15, -0.1) is 11.8 Å². The van der Waals surface area contributed by atoms with E-state index in [4.69, 9.17) is 0 Å². The number of hydrogen-bond donors (Lipinski definition) is 0. The van der Waals surface area contributed by atoms with E-state index < -0.39 is 14.9 Å². The quantitative estimate of drug-likeness (QED) is 0.459. The van der Waals surface area contributed by atoms with Crippen LogP contribution >= 0.6 is 11.8 Å². The Morgan fingerprint density at radius 3 is 2.59 bits per heavy atom. The molecule has 1 saturated heterocycles. The summed E-state index contributed by atoms with van der Waals surface area (Å²) in [5.74, 6) is 0.690. The standard InChI is InChI=1S/C21H18N2O4S2/c24-23(25)17-8-4-16(5-9-17)21-22(12-13-28-21)29(26,27)19-11-7-15-3-1-2-14-6-10-18(19)20(14)15/h1-5,7-9,11,21H,6,10,12-13H2. The molecule has 29 heavy (non-hydrogen) atoms. The van der Waals surface area contributed by atoms with Crippen molar-refractivity contribution in [2.75, 3.05) is 12.3 Å². The molecule has 0 bridgehead atoms. The van der Waals surface area contributed by atoms with Gasteiger partial charge in [-0.2, -0.15) is 4.31 Å². The predicted octanol–water partition coefficient (Wildman–Crippen LogP) is 4.28. The van der Waals surface area contributed by atoms with E-state index in [1.165, 1.54) is 22.0 Å². The van der Waals surface area contributed by atoms with Crippen LogP contribution in [0.1, 0.15) is 22.1 Å². The first-order valence-electron chi connectivity index (χ1n) is 9.38. The normalized spacial score (nSPS) is 19.1.